The second-order valence-electron chi connectivity index (χ2n) is 7.58. The fourth-order valence-corrected chi connectivity index (χ4v) is 3.22. The van der Waals surface area contributed by atoms with E-state index < -0.39 is 70.7 Å². The molecule has 0 saturated heterocycles. The quantitative estimate of drug-likeness (QED) is 0.176. The number of halogens is 9. The van der Waals surface area contributed by atoms with Gasteiger partial charge in [0.1, 0.15) is 0 Å². The Kier molecular flexibility index (Phi) is 11.8. The summed E-state index contributed by atoms with van der Waals surface area (Å²) in [4.78, 5) is 23.7. The summed E-state index contributed by atoms with van der Waals surface area (Å²) >= 11 is 0. The van der Waals surface area contributed by atoms with Crippen LogP contribution in [0, 0.1) is 5.92 Å². The molecule has 0 aromatic carbocycles. The van der Waals surface area contributed by atoms with E-state index in [4.69, 9.17) is 9.29 Å². The highest BCUT2D eigenvalue weighted by molar-refractivity contribution is 7.87. The van der Waals surface area contributed by atoms with Gasteiger partial charge in [0.2, 0.25) is 0 Å². The second-order valence-corrected chi connectivity index (χ2v) is 9.17. The van der Waals surface area contributed by atoms with E-state index in [2.05, 4.69) is 4.74 Å². The molecule has 35 heavy (non-hydrogen) atoms. The van der Waals surface area contributed by atoms with Crippen molar-refractivity contribution in [2.75, 3.05) is 13.2 Å². The van der Waals surface area contributed by atoms with Gasteiger partial charge >= 0.3 is 35.9 Å². The molecule has 0 aromatic heterocycles. The summed E-state index contributed by atoms with van der Waals surface area (Å²) < 4.78 is 156. The Morgan fingerprint density at radius 3 is 1.89 bits per heavy atom. The van der Waals surface area contributed by atoms with E-state index >= 15 is 0 Å². The number of carbonyl (C=O) groups excluding carboxylic acids is 2. The predicted octanol–water partition coefficient (Wildman–Crippen LogP) is 4.79. The first-order valence-electron chi connectivity index (χ1n) is 10.1. The molecular formula is C18H25F9O7S. The van der Waals surface area contributed by atoms with Crippen LogP contribution in [0.5, 0.6) is 0 Å². The maximum Gasteiger partial charge on any atom is 0.460 e. The van der Waals surface area contributed by atoms with Gasteiger partial charge in [0, 0.05) is 0 Å². The maximum atomic E-state index is 13.5. The highest BCUT2D eigenvalue weighted by Crippen LogP contribution is 2.53. The lowest BCUT2D eigenvalue weighted by Gasteiger charge is -2.33. The third kappa shape index (κ3) is 8.99. The fourth-order valence-electron chi connectivity index (χ4n) is 2.57. The third-order valence-corrected chi connectivity index (χ3v) is 5.95. The minimum Gasteiger partial charge on any atom is -0.465 e. The zero-order valence-electron chi connectivity index (χ0n) is 18.5. The molecule has 0 radical (unpaired) electrons. The van der Waals surface area contributed by atoms with Crippen LogP contribution >= 0.6 is 0 Å². The molecule has 0 spiro atoms. The van der Waals surface area contributed by atoms with Crippen molar-refractivity contribution >= 4 is 22.1 Å². The van der Waals surface area contributed by atoms with Gasteiger partial charge in [-0.25, -0.2) is 0 Å². The SMILES string of the molecule is CCCCC(CC)COC(=O)CC(C(=O)OCCC(F)(F)C(F)(F)C(F)(F)C(F)(F)F)S(=O)(=O)O. The van der Waals surface area contributed by atoms with E-state index in [-0.39, 0.29) is 12.5 Å². The van der Waals surface area contributed by atoms with Crippen LogP contribution in [-0.2, 0) is 29.2 Å². The van der Waals surface area contributed by atoms with Crippen LogP contribution in [0.15, 0.2) is 0 Å². The summed E-state index contributed by atoms with van der Waals surface area (Å²) in [5, 5.41) is -2.75. The number of hydrogen-bond acceptors (Lipinski definition) is 6. The van der Waals surface area contributed by atoms with Crippen LogP contribution in [0.4, 0.5) is 39.5 Å². The number of esters is 2. The molecule has 17 heteroatoms. The number of ether oxygens (including phenoxy) is 2. The van der Waals surface area contributed by atoms with Gasteiger partial charge < -0.3 is 9.47 Å². The van der Waals surface area contributed by atoms with Crippen LogP contribution in [0.1, 0.15) is 52.4 Å². The smallest absolute Gasteiger partial charge is 0.460 e. The predicted molar refractivity (Wildman–Crippen MR) is 101 cm³/mol. The van der Waals surface area contributed by atoms with Gasteiger partial charge in [0.25, 0.3) is 10.1 Å². The van der Waals surface area contributed by atoms with E-state index in [1.807, 2.05) is 6.92 Å². The van der Waals surface area contributed by atoms with E-state index in [9.17, 15) is 57.5 Å². The van der Waals surface area contributed by atoms with Crippen molar-refractivity contribution in [3.05, 3.63) is 0 Å². The number of rotatable bonds is 15. The van der Waals surface area contributed by atoms with Crippen LogP contribution in [-0.4, -0.2) is 67.3 Å². The average Bonchev–Trinajstić information content (AvgIpc) is 2.69. The average molecular weight is 556 g/mol. The van der Waals surface area contributed by atoms with Gasteiger partial charge in [-0.1, -0.05) is 33.1 Å². The Morgan fingerprint density at radius 2 is 1.46 bits per heavy atom. The van der Waals surface area contributed by atoms with Crippen molar-refractivity contribution in [1.82, 2.24) is 0 Å². The summed E-state index contributed by atoms with van der Waals surface area (Å²) in [5.41, 5.74) is 0. The lowest BCUT2D eigenvalue weighted by Crippen LogP contribution is -2.61. The second kappa shape index (κ2) is 12.5. The van der Waals surface area contributed by atoms with Crippen LogP contribution < -0.4 is 0 Å². The van der Waals surface area contributed by atoms with Gasteiger partial charge in [-0.05, 0) is 12.3 Å². The molecule has 0 bridgehead atoms. The van der Waals surface area contributed by atoms with Crippen molar-refractivity contribution in [3.8, 4) is 0 Å². The Labute approximate surface area is 195 Å². The zero-order valence-corrected chi connectivity index (χ0v) is 19.3. The Bertz CT molecular complexity index is 814. The maximum absolute atomic E-state index is 13.5. The molecule has 7 nitrogen and oxygen atoms in total. The molecule has 0 rings (SSSR count). The van der Waals surface area contributed by atoms with Crippen LogP contribution in [0.25, 0.3) is 0 Å². The summed E-state index contributed by atoms with van der Waals surface area (Å²) in [5.74, 6) is -23.7. The number of carbonyl (C=O) groups is 2. The molecule has 2 unspecified atom stereocenters. The largest absolute Gasteiger partial charge is 0.465 e. The highest BCUT2D eigenvalue weighted by atomic mass is 32.2. The molecular weight excluding hydrogens is 531 g/mol. The van der Waals surface area contributed by atoms with Crippen molar-refractivity contribution in [1.29, 1.82) is 0 Å². The molecule has 0 heterocycles. The lowest BCUT2D eigenvalue weighted by molar-refractivity contribution is -0.397. The van der Waals surface area contributed by atoms with Gasteiger partial charge in [-0.3, -0.25) is 14.1 Å². The topological polar surface area (TPSA) is 107 Å². The standard InChI is InChI=1S/C18H25F9O7S/c1-3-5-6-11(4-2)10-34-13(28)9-12(35(30,31)32)14(29)33-8-7-15(19,20)16(21,22)17(23,24)18(25,26)27/h11-12H,3-10H2,1-2H3,(H,30,31,32). The molecule has 0 aliphatic heterocycles. The Balaban J connectivity index is 5.20. The fraction of sp³-hybridized carbons (Fsp3) is 0.889. The van der Waals surface area contributed by atoms with E-state index in [0.717, 1.165) is 12.8 Å². The van der Waals surface area contributed by atoms with Crippen molar-refractivity contribution in [3.63, 3.8) is 0 Å². The third-order valence-electron chi connectivity index (χ3n) is 4.87. The minimum atomic E-state index is -7.15. The first kappa shape index (κ1) is 33.2. The molecule has 0 aliphatic carbocycles. The molecule has 0 amide bonds. The van der Waals surface area contributed by atoms with Crippen molar-refractivity contribution in [2.24, 2.45) is 5.92 Å². The van der Waals surface area contributed by atoms with E-state index in [1.54, 1.807) is 6.92 Å². The number of unbranched alkanes of at least 4 members (excludes halogenated alkanes) is 1. The van der Waals surface area contributed by atoms with E-state index in [0.29, 0.717) is 12.8 Å². The van der Waals surface area contributed by atoms with Crippen LogP contribution in [0.2, 0.25) is 0 Å². The first-order valence-corrected chi connectivity index (χ1v) is 11.6. The normalized spacial score (nSPS) is 15.4. The van der Waals surface area contributed by atoms with Crippen LogP contribution in [0.3, 0.4) is 0 Å². The lowest BCUT2D eigenvalue weighted by atomic mass is 10.0. The molecule has 1 N–H and O–H groups in total. The zero-order chi connectivity index (χ0) is 27.9. The summed E-state index contributed by atoms with van der Waals surface area (Å²) in [7, 11) is -5.43. The highest BCUT2D eigenvalue weighted by Gasteiger charge is 2.81. The van der Waals surface area contributed by atoms with Crippen molar-refractivity contribution < 1.29 is 71.5 Å². The van der Waals surface area contributed by atoms with Gasteiger partial charge in [0.15, 0.2) is 5.25 Å². The molecule has 0 fully saturated rings. The molecule has 208 valence electrons. The molecule has 0 aromatic rings. The Morgan fingerprint density at radius 1 is 0.914 bits per heavy atom. The first-order chi connectivity index (χ1) is 15.7. The summed E-state index contributed by atoms with van der Waals surface area (Å²) in [6, 6.07) is 0. The molecule has 0 saturated carbocycles. The molecule has 2 atom stereocenters. The number of hydrogen-bond donors (Lipinski definition) is 1. The summed E-state index contributed by atoms with van der Waals surface area (Å²) in [6.45, 7) is 1.54. The monoisotopic (exact) mass is 556 g/mol. The summed E-state index contributed by atoms with van der Waals surface area (Å²) in [6.07, 6.45) is -8.15. The van der Waals surface area contributed by atoms with Gasteiger partial charge in [-0.2, -0.15) is 47.9 Å². The van der Waals surface area contributed by atoms with Gasteiger partial charge in [-0.15, -0.1) is 0 Å². The molecule has 0 aliphatic rings. The Hall–Kier alpha value is -1.78. The van der Waals surface area contributed by atoms with Gasteiger partial charge in [0.05, 0.1) is 26.1 Å². The minimum absolute atomic E-state index is 0.117. The number of alkyl halides is 9. The van der Waals surface area contributed by atoms with Crippen molar-refractivity contribution in [2.45, 2.75) is 81.6 Å². The van der Waals surface area contributed by atoms with E-state index in [1.165, 1.54) is 0 Å².